The predicted molar refractivity (Wildman–Crippen MR) is 92.2 cm³/mol. The Morgan fingerprint density at radius 1 is 1.18 bits per heavy atom. The van der Waals surface area contributed by atoms with Crippen LogP contribution in [0, 0.1) is 5.92 Å². The Bertz CT molecular complexity index is 506. The number of fused-ring (bicyclic) bond motifs is 1. The first-order chi connectivity index (χ1) is 10.3. The van der Waals surface area contributed by atoms with Crippen molar-refractivity contribution in [3.63, 3.8) is 0 Å². The molecule has 0 spiro atoms. The van der Waals surface area contributed by atoms with E-state index in [1.54, 1.807) is 0 Å². The van der Waals surface area contributed by atoms with Gasteiger partial charge in [-0.05, 0) is 55.6 Å². The number of carbonyl (C=O) groups is 1. The molecule has 3 nitrogen and oxygen atoms in total. The highest BCUT2D eigenvalue weighted by molar-refractivity contribution is 5.85. The maximum atomic E-state index is 12.6. The molecule has 1 aliphatic heterocycles. The number of halogens is 1. The fourth-order valence-electron chi connectivity index (χ4n) is 3.89. The minimum absolute atomic E-state index is 0. The van der Waals surface area contributed by atoms with Gasteiger partial charge in [-0.3, -0.25) is 4.79 Å². The molecule has 1 saturated heterocycles. The quantitative estimate of drug-likeness (QED) is 0.930. The molecule has 0 bridgehead atoms. The van der Waals surface area contributed by atoms with Gasteiger partial charge in [0.2, 0.25) is 5.91 Å². The largest absolute Gasteiger partial charge is 0.338 e. The molecule has 122 valence electrons. The first kappa shape index (κ1) is 17.3. The standard InChI is InChI=1S/C18H26N2O.ClH/c19-13-17-7-3-4-10-20(17)18(21)12-14-8-9-15-5-1-2-6-16(15)11-14;/h1-2,5-6,14,17H,3-4,7-13,19H2;1H. The van der Waals surface area contributed by atoms with Gasteiger partial charge in [-0.1, -0.05) is 24.3 Å². The van der Waals surface area contributed by atoms with Gasteiger partial charge in [0.1, 0.15) is 0 Å². The van der Waals surface area contributed by atoms with Crippen LogP contribution >= 0.6 is 12.4 Å². The monoisotopic (exact) mass is 322 g/mol. The minimum atomic E-state index is 0. The van der Waals surface area contributed by atoms with Gasteiger partial charge < -0.3 is 10.6 Å². The van der Waals surface area contributed by atoms with Gasteiger partial charge in [0.05, 0.1) is 0 Å². The zero-order valence-corrected chi connectivity index (χ0v) is 14.0. The average Bonchev–Trinajstić information content (AvgIpc) is 2.54. The highest BCUT2D eigenvalue weighted by atomic mass is 35.5. The summed E-state index contributed by atoms with van der Waals surface area (Å²) < 4.78 is 0. The van der Waals surface area contributed by atoms with E-state index in [2.05, 4.69) is 29.2 Å². The summed E-state index contributed by atoms with van der Waals surface area (Å²) in [5.41, 5.74) is 8.75. The normalized spacial score (nSPS) is 24.3. The zero-order chi connectivity index (χ0) is 14.7. The number of nitrogens with zero attached hydrogens (tertiary/aromatic N) is 1. The summed E-state index contributed by atoms with van der Waals surface area (Å²) in [5, 5.41) is 0. The third kappa shape index (κ3) is 3.82. The second kappa shape index (κ2) is 7.98. The maximum absolute atomic E-state index is 12.6. The van der Waals surface area contributed by atoms with Crippen molar-refractivity contribution in [2.45, 2.75) is 51.0 Å². The van der Waals surface area contributed by atoms with Crippen LogP contribution in [0.15, 0.2) is 24.3 Å². The van der Waals surface area contributed by atoms with Crippen LogP contribution in [0.4, 0.5) is 0 Å². The lowest BCUT2D eigenvalue weighted by Gasteiger charge is -2.36. The molecule has 0 saturated carbocycles. The molecular weight excluding hydrogens is 296 g/mol. The topological polar surface area (TPSA) is 46.3 Å². The Labute approximate surface area is 139 Å². The second-order valence-electron chi connectivity index (χ2n) is 6.55. The molecule has 2 unspecified atom stereocenters. The van der Waals surface area contributed by atoms with Crippen molar-refractivity contribution in [3.05, 3.63) is 35.4 Å². The SMILES string of the molecule is Cl.NCC1CCCCN1C(=O)CC1CCc2ccccc2C1. The molecule has 1 heterocycles. The smallest absolute Gasteiger partial charge is 0.223 e. The summed E-state index contributed by atoms with van der Waals surface area (Å²) in [6.45, 7) is 1.52. The first-order valence-corrected chi connectivity index (χ1v) is 8.34. The van der Waals surface area contributed by atoms with Gasteiger partial charge >= 0.3 is 0 Å². The van der Waals surface area contributed by atoms with Crippen LogP contribution in [-0.2, 0) is 17.6 Å². The molecular formula is C18H27ClN2O. The van der Waals surface area contributed by atoms with Crippen molar-refractivity contribution in [3.8, 4) is 0 Å². The van der Waals surface area contributed by atoms with Crippen LogP contribution in [0.25, 0.3) is 0 Å². The van der Waals surface area contributed by atoms with Crippen LogP contribution in [0.1, 0.15) is 43.2 Å². The Balaban J connectivity index is 0.00000176. The van der Waals surface area contributed by atoms with E-state index in [0.29, 0.717) is 24.8 Å². The maximum Gasteiger partial charge on any atom is 0.223 e. The van der Waals surface area contributed by atoms with Crippen molar-refractivity contribution in [2.75, 3.05) is 13.1 Å². The third-order valence-corrected chi connectivity index (χ3v) is 5.13. The van der Waals surface area contributed by atoms with Gasteiger partial charge in [0.25, 0.3) is 0 Å². The first-order valence-electron chi connectivity index (χ1n) is 8.34. The summed E-state index contributed by atoms with van der Waals surface area (Å²) in [4.78, 5) is 14.7. The van der Waals surface area contributed by atoms with E-state index in [0.717, 1.165) is 38.6 Å². The number of hydrogen-bond acceptors (Lipinski definition) is 2. The average molecular weight is 323 g/mol. The van der Waals surface area contributed by atoms with Crippen molar-refractivity contribution < 1.29 is 4.79 Å². The second-order valence-corrected chi connectivity index (χ2v) is 6.55. The molecule has 1 aromatic carbocycles. The number of aryl methyl sites for hydroxylation is 1. The van der Waals surface area contributed by atoms with Crippen molar-refractivity contribution in [1.82, 2.24) is 4.90 Å². The Kier molecular flexibility index (Phi) is 6.27. The summed E-state index contributed by atoms with van der Waals surface area (Å²) in [6.07, 6.45) is 7.44. The van der Waals surface area contributed by atoms with Gasteiger partial charge in [-0.25, -0.2) is 0 Å². The lowest BCUT2D eigenvalue weighted by atomic mass is 9.82. The van der Waals surface area contributed by atoms with Crippen LogP contribution in [0.5, 0.6) is 0 Å². The van der Waals surface area contributed by atoms with Crippen LogP contribution in [0.2, 0.25) is 0 Å². The molecule has 3 rings (SSSR count). The Morgan fingerprint density at radius 2 is 1.95 bits per heavy atom. The van der Waals surface area contributed by atoms with Crippen LogP contribution in [0.3, 0.4) is 0 Å². The van der Waals surface area contributed by atoms with E-state index < -0.39 is 0 Å². The number of nitrogens with two attached hydrogens (primary N) is 1. The minimum Gasteiger partial charge on any atom is -0.338 e. The number of carbonyl (C=O) groups excluding carboxylic acids is 1. The van der Waals surface area contributed by atoms with E-state index in [1.165, 1.54) is 17.5 Å². The molecule has 0 aromatic heterocycles. The molecule has 1 aromatic rings. The highest BCUT2D eigenvalue weighted by Crippen LogP contribution is 2.28. The Hall–Kier alpha value is -1.06. The fourth-order valence-corrected chi connectivity index (χ4v) is 3.89. The van der Waals surface area contributed by atoms with Gasteiger partial charge in [-0.2, -0.15) is 0 Å². The van der Waals surface area contributed by atoms with Crippen LogP contribution in [-0.4, -0.2) is 29.9 Å². The molecule has 4 heteroatoms. The lowest BCUT2D eigenvalue weighted by molar-refractivity contribution is -0.135. The number of amides is 1. The summed E-state index contributed by atoms with van der Waals surface area (Å²) in [6, 6.07) is 8.95. The molecule has 0 radical (unpaired) electrons. The molecule has 1 amide bonds. The number of hydrogen-bond donors (Lipinski definition) is 1. The summed E-state index contributed by atoms with van der Waals surface area (Å²) in [5.74, 6) is 0.835. The molecule has 2 atom stereocenters. The lowest BCUT2D eigenvalue weighted by Crippen LogP contribution is -2.48. The number of likely N-dealkylation sites (tertiary alicyclic amines) is 1. The van der Waals surface area contributed by atoms with Crippen molar-refractivity contribution >= 4 is 18.3 Å². The summed E-state index contributed by atoms with van der Waals surface area (Å²) in [7, 11) is 0. The number of rotatable bonds is 3. The van der Waals surface area contributed by atoms with Gasteiger partial charge in [-0.15, -0.1) is 12.4 Å². The van der Waals surface area contributed by atoms with E-state index in [1.807, 2.05) is 0 Å². The van der Waals surface area contributed by atoms with Crippen LogP contribution < -0.4 is 5.73 Å². The molecule has 22 heavy (non-hydrogen) atoms. The predicted octanol–water partition coefficient (Wildman–Crippen LogP) is 2.94. The van der Waals surface area contributed by atoms with Crippen molar-refractivity contribution in [1.29, 1.82) is 0 Å². The fraction of sp³-hybridized carbons (Fsp3) is 0.611. The van der Waals surface area contributed by atoms with E-state index >= 15 is 0 Å². The number of piperidine rings is 1. The molecule has 2 aliphatic rings. The van der Waals surface area contributed by atoms with E-state index in [-0.39, 0.29) is 18.4 Å². The summed E-state index contributed by atoms with van der Waals surface area (Å²) >= 11 is 0. The van der Waals surface area contributed by atoms with Gasteiger partial charge in [0, 0.05) is 25.6 Å². The molecule has 1 aliphatic carbocycles. The highest BCUT2D eigenvalue weighted by Gasteiger charge is 2.28. The van der Waals surface area contributed by atoms with Gasteiger partial charge in [0.15, 0.2) is 0 Å². The van der Waals surface area contributed by atoms with E-state index in [4.69, 9.17) is 5.73 Å². The molecule has 2 N–H and O–H groups in total. The van der Waals surface area contributed by atoms with Crippen molar-refractivity contribution in [2.24, 2.45) is 11.7 Å². The zero-order valence-electron chi connectivity index (χ0n) is 13.2. The Morgan fingerprint density at radius 3 is 2.73 bits per heavy atom. The van der Waals surface area contributed by atoms with E-state index in [9.17, 15) is 4.79 Å². The number of benzene rings is 1. The third-order valence-electron chi connectivity index (χ3n) is 5.13. The molecule has 1 fully saturated rings.